The van der Waals surface area contributed by atoms with E-state index in [-0.39, 0.29) is 6.04 Å². The van der Waals surface area contributed by atoms with Crippen LogP contribution < -0.4 is 11.1 Å². The molecule has 0 aliphatic carbocycles. The number of rotatable bonds is 4. The van der Waals surface area contributed by atoms with Crippen LogP contribution in [0.3, 0.4) is 0 Å². The Balaban J connectivity index is 2.23. The fourth-order valence-electron chi connectivity index (χ4n) is 1.96. The summed E-state index contributed by atoms with van der Waals surface area (Å²) in [6.07, 6.45) is 0. The van der Waals surface area contributed by atoms with Gasteiger partial charge in [0.2, 0.25) is 0 Å². The normalized spacial score (nSPS) is 12.2. The Bertz CT molecular complexity index is 525. The third-order valence-electron chi connectivity index (χ3n) is 2.88. The number of benzene rings is 2. The summed E-state index contributed by atoms with van der Waals surface area (Å²) in [5.41, 5.74) is 9.40. The Hall–Kier alpha value is -1.32. The van der Waals surface area contributed by atoms with E-state index in [0.29, 0.717) is 6.54 Å². The molecule has 0 aliphatic rings. The fraction of sp³-hybridized carbons (Fsp3) is 0.200. The summed E-state index contributed by atoms with van der Waals surface area (Å²) in [5.74, 6) is 0. The molecule has 1 atom stereocenters. The molecule has 0 fully saturated rings. The molecule has 0 amide bonds. The number of aryl methyl sites for hydroxylation is 1. The van der Waals surface area contributed by atoms with Gasteiger partial charge in [-0.05, 0) is 36.2 Å². The number of anilines is 1. The van der Waals surface area contributed by atoms with Crippen molar-refractivity contribution in [2.75, 3.05) is 11.9 Å². The second-order valence-electron chi connectivity index (χ2n) is 4.32. The van der Waals surface area contributed by atoms with Crippen LogP contribution in [0.25, 0.3) is 0 Å². The minimum absolute atomic E-state index is 0.113. The van der Waals surface area contributed by atoms with E-state index in [1.165, 1.54) is 11.1 Å². The molecule has 3 N–H and O–H groups in total. The van der Waals surface area contributed by atoms with Gasteiger partial charge in [-0.2, -0.15) is 0 Å². The zero-order chi connectivity index (χ0) is 13.0. The summed E-state index contributed by atoms with van der Waals surface area (Å²) < 4.78 is 1.08. The van der Waals surface area contributed by atoms with E-state index in [0.717, 1.165) is 10.2 Å². The van der Waals surface area contributed by atoms with Gasteiger partial charge in [0.05, 0.1) is 6.04 Å². The minimum atomic E-state index is 0.113. The van der Waals surface area contributed by atoms with Crippen LogP contribution >= 0.6 is 15.9 Å². The molecule has 0 heterocycles. The molecule has 2 aromatic carbocycles. The van der Waals surface area contributed by atoms with Crippen molar-refractivity contribution in [3.63, 3.8) is 0 Å². The molecular formula is C15H17BrN2. The quantitative estimate of drug-likeness (QED) is 0.900. The number of nitrogens with one attached hydrogen (secondary N) is 1. The zero-order valence-electron chi connectivity index (χ0n) is 10.4. The van der Waals surface area contributed by atoms with Gasteiger partial charge in [0.15, 0.2) is 0 Å². The summed E-state index contributed by atoms with van der Waals surface area (Å²) in [4.78, 5) is 0. The highest BCUT2D eigenvalue weighted by Crippen LogP contribution is 2.25. The molecule has 0 aromatic heterocycles. The van der Waals surface area contributed by atoms with Gasteiger partial charge in [0.25, 0.3) is 0 Å². The Morgan fingerprint density at radius 2 is 1.94 bits per heavy atom. The van der Waals surface area contributed by atoms with Crippen molar-refractivity contribution in [2.24, 2.45) is 5.73 Å². The number of hydrogen-bond acceptors (Lipinski definition) is 2. The van der Waals surface area contributed by atoms with Gasteiger partial charge in [-0.1, -0.05) is 46.3 Å². The topological polar surface area (TPSA) is 38.0 Å². The molecule has 0 saturated carbocycles. The molecule has 0 aliphatic heterocycles. The first-order valence-electron chi connectivity index (χ1n) is 5.98. The standard InChI is InChI=1S/C15H17BrN2/c1-11-5-4-6-12(9-11)18-15(10-17)13-7-2-3-8-14(13)16/h2-9,15,18H,10,17H2,1H3. The lowest BCUT2D eigenvalue weighted by atomic mass is 10.1. The average molecular weight is 305 g/mol. The summed E-state index contributed by atoms with van der Waals surface area (Å²) in [6.45, 7) is 2.64. The summed E-state index contributed by atoms with van der Waals surface area (Å²) >= 11 is 3.57. The van der Waals surface area contributed by atoms with E-state index in [9.17, 15) is 0 Å². The van der Waals surface area contributed by atoms with Gasteiger partial charge < -0.3 is 11.1 Å². The minimum Gasteiger partial charge on any atom is -0.377 e. The first-order chi connectivity index (χ1) is 8.70. The molecule has 1 unspecified atom stereocenters. The van der Waals surface area contributed by atoms with E-state index in [4.69, 9.17) is 5.73 Å². The molecular weight excluding hydrogens is 288 g/mol. The largest absolute Gasteiger partial charge is 0.377 e. The Kier molecular flexibility index (Phi) is 4.39. The fourth-order valence-corrected chi connectivity index (χ4v) is 2.52. The predicted octanol–water partition coefficient (Wildman–Crippen LogP) is 3.87. The number of nitrogens with two attached hydrogens (primary N) is 1. The second kappa shape index (κ2) is 6.03. The van der Waals surface area contributed by atoms with Gasteiger partial charge in [-0.3, -0.25) is 0 Å². The zero-order valence-corrected chi connectivity index (χ0v) is 11.9. The maximum Gasteiger partial charge on any atom is 0.0647 e. The molecule has 18 heavy (non-hydrogen) atoms. The van der Waals surface area contributed by atoms with Gasteiger partial charge in [0.1, 0.15) is 0 Å². The molecule has 3 heteroatoms. The summed E-state index contributed by atoms with van der Waals surface area (Å²) in [6, 6.07) is 16.6. The smallest absolute Gasteiger partial charge is 0.0647 e. The predicted molar refractivity (Wildman–Crippen MR) is 80.7 cm³/mol. The Morgan fingerprint density at radius 3 is 2.61 bits per heavy atom. The Labute approximate surface area is 116 Å². The average Bonchev–Trinajstić information content (AvgIpc) is 2.37. The van der Waals surface area contributed by atoms with Gasteiger partial charge in [-0.25, -0.2) is 0 Å². The van der Waals surface area contributed by atoms with E-state index >= 15 is 0 Å². The van der Waals surface area contributed by atoms with Gasteiger partial charge >= 0.3 is 0 Å². The molecule has 0 bridgehead atoms. The van der Waals surface area contributed by atoms with Crippen molar-refractivity contribution in [2.45, 2.75) is 13.0 Å². The highest BCUT2D eigenvalue weighted by atomic mass is 79.9. The van der Waals surface area contributed by atoms with Crippen LogP contribution in [0.2, 0.25) is 0 Å². The molecule has 0 radical (unpaired) electrons. The first kappa shape index (κ1) is 13.1. The molecule has 2 nitrogen and oxygen atoms in total. The van der Waals surface area contributed by atoms with Gasteiger partial charge in [0, 0.05) is 16.7 Å². The third kappa shape index (κ3) is 3.12. The lowest BCUT2D eigenvalue weighted by molar-refractivity contribution is 0.786. The van der Waals surface area contributed by atoms with Crippen molar-refractivity contribution in [1.82, 2.24) is 0 Å². The van der Waals surface area contributed by atoms with Crippen LogP contribution in [-0.4, -0.2) is 6.54 Å². The van der Waals surface area contributed by atoms with Crippen molar-refractivity contribution in [3.05, 3.63) is 64.1 Å². The van der Waals surface area contributed by atoms with Crippen molar-refractivity contribution < 1.29 is 0 Å². The lowest BCUT2D eigenvalue weighted by Gasteiger charge is -2.20. The monoisotopic (exact) mass is 304 g/mol. The van der Waals surface area contributed by atoms with E-state index in [2.05, 4.69) is 52.4 Å². The molecule has 2 rings (SSSR count). The second-order valence-corrected chi connectivity index (χ2v) is 5.18. The molecule has 2 aromatic rings. The van der Waals surface area contributed by atoms with Crippen LogP contribution in [-0.2, 0) is 0 Å². The highest BCUT2D eigenvalue weighted by molar-refractivity contribution is 9.10. The molecule has 94 valence electrons. The molecule has 0 spiro atoms. The summed E-state index contributed by atoms with van der Waals surface area (Å²) in [5, 5.41) is 3.47. The van der Waals surface area contributed by atoms with Crippen LogP contribution in [0.1, 0.15) is 17.2 Å². The Morgan fingerprint density at radius 1 is 1.17 bits per heavy atom. The van der Waals surface area contributed by atoms with Crippen LogP contribution in [0, 0.1) is 6.92 Å². The molecule has 0 saturated heterocycles. The summed E-state index contributed by atoms with van der Waals surface area (Å²) in [7, 11) is 0. The lowest BCUT2D eigenvalue weighted by Crippen LogP contribution is -2.21. The van der Waals surface area contributed by atoms with Gasteiger partial charge in [-0.15, -0.1) is 0 Å². The van der Waals surface area contributed by atoms with Crippen LogP contribution in [0.4, 0.5) is 5.69 Å². The van der Waals surface area contributed by atoms with Crippen molar-refractivity contribution >= 4 is 21.6 Å². The maximum atomic E-state index is 5.88. The third-order valence-corrected chi connectivity index (χ3v) is 3.60. The van der Waals surface area contributed by atoms with Crippen LogP contribution in [0.5, 0.6) is 0 Å². The highest BCUT2D eigenvalue weighted by Gasteiger charge is 2.12. The number of halogens is 1. The van der Waals surface area contributed by atoms with E-state index in [1.807, 2.05) is 24.3 Å². The number of hydrogen-bond donors (Lipinski definition) is 2. The van der Waals surface area contributed by atoms with Crippen molar-refractivity contribution in [3.8, 4) is 0 Å². The van der Waals surface area contributed by atoms with E-state index < -0.39 is 0 Å². The van der Waals surface area contributed by atoms with Crippen molar-refractivity contribution in [1.29, 1.82) is 0 Å². The van der Waals surface area contributed by atoms with E-state index in [1.54, 1.807) is 0 Å². The SMILES string of the molecule is Cc1cccc(NC(CN)c2ccccc2Br)c1. The first-order valence-corrected chi connectivity index (χ1v) is 6.77. The maximum absolute atomic E-state index is 5.88. The van der Waals surface area contributed by atoms with Crippen LogP contribution in [0.15, 0.2) is 53.0 Å².